The molecule has 10 heteroatoms. The lowest BCUT2D eigenvalue weighted by atomic mass is 10.1. The minimum absolute atomic E-state index is 0.0936. The van der Waals surface area contributed by atoms with Crippen LogP contribution in [-0.4, -0.2) is 56.5 Å². The molecule has 0 spiro atoms. The molecule has 35 heavy (non-hydrogen) atoms. The Kier molecular flexibility index (Phi) is 6.82. The largest absolute Gasteiger partial charge is 0.497 e. The zero-order valence-corrected chi connectivity index (χ0v) is 19.5. The molecule has 9 nitrogen and oxygen atoms in total. The summed E-state index contributed by atoms with van der Waals surface area (Å²) in [4.78, 5) is 18.0. The minimum Gasteiger partial charge on any atom is -0.497 e. The van der Waals surface area contributed by atoms with Crippen LogP contribution in [0.4, 0.5) is 4.39 Å². The third-order valence-corrected chi connectivity index (χ3v) is 6.22. The number of tetrazole rings is 1. The molecule has 0 unspecified atom stereocenters. The summed E-state index contributed by atoms with van der Waals surface area (Å²) in [6.07, 6.45) is 2.09. The van der Waals surface area contributed by atoms with Gasteiger partial charge in [-0.05, 0) is 65.2 Å². The molecule has 2 aromatic heterocycles. The third-order valence-electron chi connectivity index (χ3n) is 6.22. The first-order chi connectivity index (χ1) is 17.1. The zero-order chi connectivity index (χ0) is 24.2. The highest BCUT2D eigenvalue weighted by atomic mass is 19.1. The van der Waals surface area contributed by atoms with E-state index in [0.29, 0.717) is 37.6 Å². The molecule has 1 atom stereocenters. The number of benzene rings is 2. The summed E-state index contributed by atoms with van der Waals surface area (Å²) < 4.78 is 26.2. The van der Waals surface area contributed by atoms with Gasteiger partial charge < -0.3 is 14.5 Å². The summed E-state index contributed by atoms with van der Waals surface area (Å²) in [7, 11) is 1.62. The molecular weight excluding hydrogens is 451 g/mol. The Balaban J connectivity index is 1.40. The van der Waals surface area contributed by atoms with E-state index in [1.54, 1.807) is 23.9 Å². The van der Waals surface area contributed by atoms with E-state index in [1.807, 2.05) is 24.3 Å². The maximum atomic E-state index is 13.3. The van der Waals surface area contributed by atoms with E-state index in [2.05, 4.69) is 25.4 Å². The summed E-state index contributed by atoms with van der Waals surface area (Å²) in [5.74, 6) is 1.10. The number of H-pyrrole nitrogens is 1. The van der Waals surface area contributed by atoms with Crippen LogP contribution < -0.4 is 10.3 Å². The Labute approximate surface area is 201 Å². The van der Waals surface area contributed by atoms with Crippen LogP contribution >= 0.6 is 0 Å². The lowest BCUT2D eigenvalue weighted by Gasteiger charge is -2.24. The molecule has 182 valence electrons. The Morgan fingerprint density at radius 1 is 1.20 bits per heavy atom. The van der Waals surface area contributed by atoms with Crippen molar-refractivity contribution < 1.29 is 13.9 Å². The molecule has 1 fully saturated rings. The monoisotopic (exact) mass is 478 g/mol. The van der Waals surface area contributed by atoms with E-state index in [-0.39, 0.29) is 17.5 Å². The molecule has 4 aromatic rings. The van der Waals surface area contributed by atoms with Crippen molar-refractivity contribution in [2.45, 2.75) is 38.6 Å². The van der Waals surface area contributed by atoms with E-state index in [9.17, 15) is 9.18 Å². The van der Waals surface area contributed by atoms with Crippen molar-refractivity contribution in [1.82, 2.24) is 30.1 Å². The van der Waals surface area contributed by atoms with E-state index in [4.69, 9.17) is 9.47 Å². The molecule has 0 bridgehead atoms. The number of halogens is 1. The Morgan fingerprint density at radius 3 is 2.83 bits per heavy atom. The fourth-order valence-corrected chi connectivity index (χ4v) is 4.40. The van der Waals surface area contributed by atoms with Crippen LogP contribution in [0.2, 0.25) is 0 Å². The van der Waals surface area contributed by atoms with Gasteiger partial charge in [0.15, 0.2) is 5.82 Å². The number of aromatic amines is 1. The van der Waals surface area contributed by atoms with Crippen molar-refractivity contribution in [2.75, 3.05) is 20.3 Å². The molecule has 0 amide bonds. The molecule has 1 aliphatic rings. The average molecular weight is 479 g/mol. The van der Waals surface area contributed by atoms with Crippen LogP contribution in [0.5, 0.6) is 5.75 Å². The van der Waals surface area contributed by atoms with Gasteiger partial charge in [-0.15, -0.1) is 5.10 Å². The smallest absolute Gasteiger partial charge is 0.252 e. The minimum atomic E-state index is -0.286. The fourth-order valence-electron chi connectivity index (χ4n) is 4.40. The summed E-state index contributed by atoms with van der Waals surface area (Å²) >= 11 is 0. The molecular formula is C25H27FN6O3. The second kappa shape index (κ2) is 10.3. The number of nitrogens with one attached hydrogen (secondary N) is 1. The topological polar surface area (TPSA) is 98.2 Å². The average Bonchev–Trinajstić information content (AvgIpc) is 3.53. The Morgan fingerprint density at radius 2 is 2.06 bits per heavy atom. The number of methoxy groups -OCH3 is 1. The highest BCUT2D eigenvalue weighted by Crippen LogP contribution is 2.21. The number of aromatic nitrogens is 5. The van der Waals surface area contributed by atoms with Gasteiger partial charge in [-0.3, -0.25) is 9.69 Å². The second-order valence-corrected chi connectivity index (χ2v) is 8.76. The van der Waals surface area contributed by atoms with E-state index in [1.165, 1.54) is 12.1 Å². The van der Waals surface area contributed by atoms with Gasteiger partial charge in [-0.2, -0.15) is 0 Å². The molecule has 0 aliphatic carbocycles. The number of rotatable bonds is 9. The quantitative estimate of drug-likeness (QED) is 0.395. The van der Waals surface area contributed by atoms with Gasteiger partial charge in [0.05, 0.1) is 26.3 Å². The van der Waals surface area contributed by atoms with Crippen LogP contribution in [-0.2, 0) is 24.4 Å². The van der Waals surface area contributed by atoms with Gasteiger partial charge in [-0.25, -0.2) is 9.07 Å². The molecule has 1 saturated heterocycles. The Bertz CT molecular complexity index is 1350. The fraction of sp³-hybridized carbons (Fsp3) is 0.360. The molecule has 3 heterocycles. The summed E-state index contributed by atoms with van der Waals surface area (Å²) in [6.45, 7) is 2.66. The zero-order valence-electron chi connectivity index (χ0n) is 19.5. The number of pyridine rings is 1. The summed E-state index contributed by atoms with van der Waals surface area (Å²) in [5.41, 5.74) is 2.16. The molecule has 0 saturated carbocycles. The van der Waals surface area contributed by atoms with Gasteiger partial charge in [-0.1, -0.05) is 12.1 Å². The molecule has 1 aliphatic heterocycles. The van der Waals surface area contributed by atoms with E-state index < -0.39 is 0 Å². The first-order valence-electron chi connectivity index (χ1n) is 11.6. The lowest BCUT2D eigenvalue weighted by molar-refractivity contribution is 0.0663. The van der Waals surface area contributed by atoms with Crippen LogP contribution in [0.3, 0.4) is 0 Å². The van der Waals surface area contributed by atoms with Crippen LogP contribution in [0, 0.1) is 5.82 Å². The maximum Gasteiger partial charge on any atom is 0.252 e. The number of nitrogens with zero attached hydrogens (tertiary/aromatic N) is 5. The normalized spacial score (nSPS) is 15.8. The SMILES string of the molecule is COc1ccc2[nH]c(=O)c(CN(Cc3nnnn3Cc3ccc(F)cc3)C[C@H]3CCCO3)cc2c1. The molecule has 1 N–H and O–H groups in total. The predicted octanol–water partition coefficient (Wildman–Crippen LogP) is 2.89. The standard InChI is InChI=1S/C25H27FN6O3/c1-34-21-8-9-23-18(12-21)11-19(25(33)27-23)14-31(15-22-3-2-10-35-22)16-24-28-29-30-32(24)13-17-4-6-20(26)7-5-17/h4-9,11-12,22H,2-3,10,13-16H2,1H3,(H,27,33)/t22-/m1/s1. The van der Waals surface area contributed by atoms with Crippen LogP contribution in [0.1, 0.15) is 29.8 Å². The maximum absolute atomic E-state index is 13.3. The van der Waals surface area contributed by atoms with Crippen LogP contribution in [0.15, 0.2) is 53.3 Å². The predicted molar refractivity (Wildman–Crippen MR) is 128 cm³/mol. The molecule has 2 aromatic carbocycles. The second-order valence-electron chi connectivity index (χ2n) is 8.76. The van der Waals surface area contributed by atoms with Gasteiger partial charge in [0.25, 0.3) is 5.56 Å². The van der Waals surface area contributed by atoms with Gasteiger partial charge in [0, 0.05) is 36.2 Å². The number of ether oxygens (including phenoxy) is 2. The lowest BCUT2D eigenvalue weighted by Crippen LogP contribution is -2.34. The molecule has 0 radical (unpaired) electrons. The highest BCUT2D eigenvalue weighted by molar-refractivity contribution is 5.80. The number of hydrogen-bond donors (Lipinski definition) is 1. The highest BCUT2D eigenvalue weighted by Gasteiger charge is 2.22. The summed E-state index contributed by atoms with van der Waals surface area (Å²) in [6, 6.07) is 13.7. The first-order valence-corrected chi connectivity index (χ1v) is 11.6. The van der Waals surface area contributed by atoms with E-state index in [0.717, 1.165) is 41.7 Å². The van der Waals surface area contributed by atoms with Crippen molar-refractivity contribution in [2.24, 2.45) is 0 Å². The molecule has 5 rings (SSSR count). The first kappa shape index (κ1) is 23.1. The van der Waals surface area contributed by atoms with Gasteiger partial charge >= 0.3 is 0 Å². The van der Waals surface area contributed by atoms with Crippen molar-refractivity contribution in [3.8, 4) is 5.75 Å². The third kappa shape index (κ3) is 5.55. The Hall–Kier alpha value is -3.63. The van der Waals surface area contributed by atoms with Crippen molar-refractivity contribution in [3.63, 3.8) is 0 Å². The van der Waals surface area contributed by atoms with Crippen molar-refractivity contribution >= 4 is 10.9 Å². The van der Waals surface area contributed by atoms with Gasteiger partial charge in [0.1, 0.15) is 11.6 Å². The van der Waals surface area contributed by atoms with E-state index >= 15 is 0 Å². The van der Waals surface area contributed by atoms with Crippen molar-refractivity contribution in [1.29, 1.82) is 0 Å². The van der Waals surface area contributed by atoms with Crippen molar-refractivity contribution in [3.05, 3.63) is 81.7 Å². The van der Waals surface area contributed by atoms with Gasteiger partial charge in [0.2, 0.25) is 0 Å². The number of fused-ring (bicyclic) bond motifs is 1. The number of hydrogen-bond acceptors (Lipinski definition) is 7. The van der Waals surface area contributed by atoms with Crippen LogP contribution in [0.25, 0.3) is 10.9 Å². The summed E-state index contributed by atoms with van der Waals surface area (Å²) in [5, 5.41) is 13.1.